The van der Waals surface area contributed by atoms with Gasteiger partial charge in [0.15, 0.2) is 0 Å². The molecule has 2 heterocycles. The summed E-state index contributed by atoms with van der Waals surface area (Å²) in [5.74, 6) is 1.16. The van der Waals surface area contributed by atoms with Crippen LogP contribution >= 0.6 is 11.6 Å². The van der Waals surface area contributed by atoms with E-state index in [2.05, 4.69) is 25.2 Å². The van der Waals surface area contributed by atoms with Crippen molar-refractivity contribution in [3.63, 3.8) is 0 Å². The van der Waals surface area contributed by atoms with Gasteiger partial charge in [-0.2, -0.15) is 15.0 Å². The molecule has 1 N–H and O–H groups in total. The molecule has 19 heavy (non-hydrogen) atoms. The highest BCUT2D eigenvalue weighted by molar-refractivity contribution is 6.28. The molecule has 0 aliphatic carbocycles. The van der Waals surface area contributed by atoms with Crippen molar-refractivity contribution in [1.29, 1.82) is 0 Å². The van der Waals surface area contributed by atoms with Crippen LogP contribution < -0.4 is 10.2 Å². The van der Waals surface area contributed by atoms with E-state index in [0.29, 0.717) is 18.5 Å². The molecule has 1 aliphatic rings. The quantitative estimate of drug-likeness (QED) is 0.892. The van der Waals surface area contributed by atoms with Gasteiger partial charge in [-0.15, -0.1) is 0 Å². The molecule has 1 aromatic rings. The number of nitrogens with zero attached hydrogens (tertiary/aromatic N) is 4. The maximum Gasteiger partial charge on any atom is 0.231 e. The molecule has 0 radical (unpaired) electrons. The first-order valence-electron chi connectivity index (χ1n) is 6.61. The second-order valence-corrected chi connectivity index (χ2v) is 5.11. The minimum absolute atomic E-state index is 0.123. The van der Waals surface area contributed by atoms with Crippen molar-refractivity contribution in [1.82, 2.24) is 15.0 Å². The molecule has 106 valence electrons. The fourth-order valence-electron chi connectivity index (χ4n) is 2.15. The number of ether oxygens (including phenoxy) is 1. The number of aromatic nitrogens is 3. The van der Waals surface area contributed by atoms with Crippen molar-refractivity contribution in [2.45, 2.75) is 32.2 Å². The maximum atomic E-state index is 5.97. The molecular formula is C12H20ClN5O. The Hall–Kier alpha value is -1.14. The summed E-state index contributed by atoms with van der Waals surface area (Å²) in [6, 6.07) is 0.123. The van der Waals surface area contributed by atoms with Crippen LogP contribution in [0.3, 0.4) is 0 Å². The zero-order valence-corrected chi connectivity index (χ0v) is 12.2. The van der Waals surface area contributed by atoms with Crippen LogP contribution in [0.15, 0.2) is 0 Å². The van der Waals surface area contributed by atoms with Gasteiger partial charge < -0.3 is 15.0 Å². The van der Waals surface area contributed by atoms with E-state index in [1.54, 1.807) is 7.11 Å². The third-order valence-corrected chi connectivity index (χ3v) is 3.20. The number of nitrogens with one attached hydrogen (secondary N) is 1. The lowest BCUT2D eigenvalue weighted by Crippen LogP contribution is -2.31. The molecule has 0 bridgehead atoms. The van der Waals surface area contributed by atoms with Gasteiger partial charge in [0, 0.05) is 26.2 Å². The first kappa shape index (κ1) is 14.3. The highest BCUT2D eigenvalue weighted by Crippen LogP contribution is 2.18. The van der Waals surface area contributed by atoms with Crippen LogP contribution in [0.1, 0.15) is 26.2 Å². The molecule has 1 atom stereocenters. The maximum absolute atomic E-state index is 5.97. The average molecular weight is 286 g/mol. The number of halogens is 1. The Balaban J connectivity index is 2.09. The van der Waals surface area contributed by atoms with E-state index < -0.39 is 0 Å². The molecule has 1 aromatic heterocycles. The minimum Gasteiger partial charge on any atom is -0.383 e. The Kier molecular flexibility index (Phi) is 5.15. The Morgan fingerprint density at radius 3 is 2.68 bits per heavy atom. The Morgan fingerprint density at radius 2 is 2.00 bits per heavy atom. The van der Waals surface area contributed by atoms with Gasteiger partial charge in [-0.3, -0.25) is 0 Å². The summed E-state index contributed by atoms with van der Waals surface area (Å²) in [6.45, 7) is 4.55. The fourth-order valence-corrected chi connectivity index (χ4v) is 2.31. The van der Waals surface area contributed by atoms with E-state index in [-0.39, 0.29) is 11.3 Å². The summed E-state index contributed by atoms with van der Waals surface area (Å²) in [4.78, 5) is 14.9. The second kappa shape index (κ2) is 6.86. The molecule has 0 saturated carbocycles. The molecule has 0 spiro atoms. The van der Waals surface area contributed by atoms with E-state index in [9.17, 15) is 0 Å². The lowest BCUT2D eigenvalue weighted by atomic mass is 10.1. The summed E-state index contributed by atoms with van der Waals surface area (Å²) in [6.07, 6.45) is 3.61. The highest BCUT2D eigenvalue weighted by atomic mass is 35.5. The summed E-state index contributed by atoms with van der Waals surface area (Å²) in [5.41, 5.74) is 0. The topological polar surface area (TPSA) is 63.2 Å². The molecular weight excluding hydrogens is 266 g/mol. The summed E-state index contributed by atoms with van der Waals surface area (Å²) < 4.78 is 5.08. The van der Waals surface area contributed by atoms with E-state index in [1.165, 1.54) is 19.3 Å². The van der Waals surface area contributed by atoms with Crippen LogP contribution in [0.25, 0.3) is 0 Å². The third-order valence-electron chi connectivity index (χ3n) is 3.03. The van der Waals surface area contributed by atoms with E-state index >= 15 is 0 Å². The first-order chi connectivity index (χ1) is 9.19. The van der Waals surface area contributed by atoms with E-state index in [4.69, 9.17) is 16.3 Å². The normalized spacial score (nSPS) is 17.3. The minimum atomic E-state index is 0.123. The molecule has 1 unspecified atom stereocenters. The predicted molar refractivity (Wildman–Crippen MR) is 75.9 cm³/mol. The number of anilines is 2. The SMILES string of the molecule is COCC(C)Nc1nc(Cl)nc(N2CCCCC2)n1. The number of rotatable bonds is 5. The standard InChI is InChI=1S/C12H20ClN5O/c1-9(8-19-2)14-11-15-10(13)16-12(17-11)18-6-4-3-5-7-18/h9H,3-8H2,1-2H3,(H,14,15,16,17). The summed E-state index contributed by atoms with van der Waals surface area (Å²) in [7, 11) is 1.66. The van der Waals surface area contributed by atoms with Crippen LogP contribution in [0.5, 0.6) is 0 Å². The largest absolute Gasteiger partial charge is 0.383 e. The van der Waals surface area contributed by atoms with E-state index in [0.717, 1.165) is 13.1 Å². The zero-order chi connectivity index (χ0) is 13.7. The third kappa shape index (κ3) is 4.18. The molecule has 0 amide bonds. The van der Waals surface area contributed by atoms with Crippen LogP contribution in [0.2, 0.25) is 5.28 Å². The zero-order valence-electron chi connectivity index (χ0n) is 11.4. The first-order valence-corrected chi connectivity index (χ1v) is 6.99. The molecule has 1 aliphatic heterocycles. The van der Waals surface area contributed by atoms with Crippen molar-refractivity contribution in [2.24, 2.45) is 0 Å². The van der Waals surface area contributed by atoms with Gasteiger partial charge >= 0.3 is 0 Å². The Morgan fingerprint density at radius 1 is 1.26 bits per heavy atom. The van der Waals surface area contributed by atoms with Crippen molar-refractivity contribution >= 4 is 23.5 Å². The van der Waals surface area contributed by atoms with Gasteiger partial charge in [-0.25, -0.2) is 0 Å². The molecule has 2 rings (SSSR count). The summed E-state index contributed by atoms with van der Waals surface area (Å²) in [5, 5.41) is 3.39. The van der Waals surface area contributed by atoms with Gasteiger partial charge in [0.1, 0.15) is 0 Å². The van der Waals surface area contributed by atoms with Crippen molar-refractivity contribution < 1.29 is 4.74 Å². The summed E-state index contributed by atoms with van der Waals surface area (Å²) >= 11 is 5.97. The van der Waals surface area contributed by atoms with Gasteiger partial charge in [0.25, 0.3) is 0 Å². The smallest absolute Gasteiger partial charge is 0.231 e. The second-order valence-electron chi connectivity index (χ2n) is 4.78. The van der Waals surface area contributed by atoms with Crippen LogP contribution in [0, 0.1) is 0 Å². The fraction of sp³-hybridized carbons (Fsp3) is 0.750. The van der Waals surface area contributed by atoms with Crippen LogP contribution in [-0.4, -0.2) is 47.8 Å². The Bertz CT molecular complexity index is 411. The van der Waals surface area contributed by atoms with Gasteiger partial charge in [0.05, 0.1) is 6.61 Å². The average Bonchev–Trinajstić information content (AvgIpc) is 2.39. The molecule has 1 saturated heterocycles. The Labute approximate surface area is 118 Å². The number of hydrogen-bond donors (Lipinski definition) is 1. The molecule has 1 fully saturated rings. The van der Waals surface area contributed by atoms with Crippen LogP contribution in [-0.2, 0) is 4.74 Å². The van der Waals surface area contributed by atoms with Gasteiger partial charge in [-0.05, 0) is 37.8 Å². The van der Waals surface area contributed by atoms with Crippen molar-refractivity contribution in [3.8, 4) is 0 Å². The van der Waals surface area contributed by atoms with Gasteiger partial charge in [0.2, 0.25) is 17.2 Å². The van der Waals surface area contributed by atoms with E-state index in [1.807, 2.05) is 6.92 Å². The monoisotopic (exact) mass is 285 g/mol. The van der Waals surface area contributed by atoms with Crippen molar-refractivity contribution in [3.05, 3.63) is 5.28 Å². The number of hydrogen-bond acceptors (Lipinski definition) is 6. The number of piperidine rings is 1. The van der Waals surface area contributed by atoms with Gasteiger partial charge in [-0.1, -0.05) is 0 Å². The molecule has 0 aromatic carbocycles. The molecule has 6 nitrogen and oxygen atoms in total. The number of methoxy groups -OCH3 is 1. The predicted octanol–water partition coefficient (Wildman–Crippen LogP) is 1.96. The van der Waals surface area contributed by atoms with Crippen LogP contribution in [0.4, 0.5) is 11.9 Å². The lowest BCUT2D eigenvalue weighted by Gasteiger charge is -2.26. The highest BCUT2D eigenvalue weighted by Gasteiger charge is 2.16. The molecule has 7 heteroatoms. The lowest BCUT2D eigenvalue weighted by molar-refractivity contribution is 0.190. The van der Waals surface area contributed by atoms with Crippen molar-refractivity contribution in [2.75, 3.05) is 37.0 Å².